The third-order valence-corrected chi connectivity index (χ3v) is 7.65. The van der Waals surface area contributed by atoms with Crippen molar-refractivity contribution in [2.45, 2.75) is 24.7 Å². The van der Waals surface area contributed by atoms with Crippen LogP contribution in [-0.4, -0.2) is 62.9 Å². The number of amides is 2. The molecule has 1 aliphatic rings. The molecule has 1 aromatic heterocycles. The van der Waals surface area contributed by atoms with Gasteiger partial charge in [-0.2, -0.15) is 4.98 Å². The molecule has 1 fully saturated rings. The Balaban J connectivity index is 1.15. The smallest absolute Gasteiger partial charge is 0.241 e. The van der Waals surface area contributed by atoms with Crippen LogP contribution < -0.4 is 26.0 Å². The molecule has 0 atom stereocenters. The number of benzene rings is 2. The summed E-state index contributed by atoms with van der Waals surface area (Å²) in [6.45, 7) is 3.28. The van der Waals surface area contributed by atoms with Gasteiger partial charge in [-0.05, 0) is 42.7 Å². The first-order chi connectivity index (χ1) is 17.7. The standard InChI is InChI=1S/C25H31N7O4S/c1-17-14-22(31-25(26)30-17)32-12-8-19(9-13-32)24(34)28-11-10-27-23(33)16-29-37(35,36)21-7-6-18-4-2-3-5-20(18)15-21/h2-7,14-15,19,29H,8-13,16H2,1H3,(H,27,33)(H,28,34)(H2,26,30,31). The summed E-state index contributed by atoms with van der Waals surface area (Å²) in [6, 6.07) is 14.1. The Kier molecular flexibility index (Phi) is 8.19. The highest BCUT2D eigenvalue weighted by Crippen LogP contribution is 2.23. The van der Waals surface area contributed by atoms with Crippen molar-refractivity contribution in [2.75, 3.05) is 43.4 Å². The maximum absolute atomic E-state index is 12.6. The van der Waals surface area contributed by atoms with Crippen molar-refractivity contribution in [3.8, 4) is 0 Å². The molecule has 0 unspecified atom stereocenters. The second-order valence-corrected chi connectivity index (χ2v) is 10.7. The molecular weight excluding hydrogens is 494 g/mol. The van der Waals surface area contributed by atoms with Crippen LogP contribution in [0.5, 0.6) is 0 Å². The normalized spacial score (nSPS) is 14.5. The van der Waals surface area contributed by atoms with E-state index in [2.05, 4.69) is 30.2 Å². The van der Waals surface area contributed by atoms with E-state index in [9.17, 15) is 18.0 Å². The zero-order valence-electron chi connectivity index (χ0n) is 20.6. The number of rotatable bonds is 9. The van der Waals surface area contributed by atoms with Gasteiger partial charge in [-0.3, -0.25) is 9.59 Å². The van der Waals surface area contributed by atoms with Crippen molar-refractivity contribution in [2.24, 2.45) is 5.92 Å². The third-order valence-electron chi connectivity index (χ3n) is 6.25. The van der Waals surface area contributed by atoms with Gasteiger partial charge in [0.1, 0.15) is 5.82 Å². The van der Waals surface area contributed by atoms with Gasteiger partial charge in [0.05, 0.1) is 11.4 Å². The zero-order chi connectivity index (χ0) is 26.4. The highest BCUT2D eigenvalue weighted by molar-refractivity contribution is 7.89. The van der Waals surface area contributed by atoms with E-state index < -0.39 is 22.5 Å². The summed E-state index contributed by atoms with van der Waals surface area (Å²) >= 11 is 0. The Bertz CT molecular complexity index is 1370. The van der Waals surface area contributed by atoms with E-state index in [1.807, 2.05) is 37.3 Å². The van der Waals surface area contributed by atoms with Crippen molar-refractivity contribution < 1.29 is 18.0 Å². The fraction of sp³-hybridized carbons (Fsp3) is 0.360. The molecule has 0 bridgehead atoms. The largest absolute Gasteiger partial charge is 0.368 e. The summed E-state index contributed by atoms with van der Waals surface area (Å²) in [5, 5.41) is 7.18. The van der Waals surface area contributed by atoms with E-state index >= 15 is 0 Å². The number of aromatic nitrogens is 2. The van der Waals surface area contributed by atoms with Gasteiger partial charge >= 0.3 is 0 Å². The van der Waals surface area contributed by atoms with E-state index in [1.54, 1.807) is 12.1 Å². The maximum atomic E-state index is 12.6. The zero-order valence-corrected chi connectivity index (χ0v) is 21.4. The van der Waals surface area contributed by atoms with Crippen LogP contribution in [0.2, 0.25) is 0 Å². The maximum Gasteiger partial charge on any atom is 0.241 e. The average Bonchev–Trinajstić information content (AvgIpc) is 2.89. The lowest BCUT2D eigenvalue weighted by Gasteiger charge is -2.32. The molecule has 1 aliphatic heterocycles. The van der Waals surface area contributed by atoms with Crippen LogP contribution in [0.15, 0.2) is 53.4 Å². The molecule has 3 aromatic rings. The molecular formula is C25H31N7O4S. The van der Waals surface area contributed by atoms with Crippen LogP contribution >= 0.6 is 0 Å². The number of nitrogens with two attached hydrogens (primary N) is 1. The fourth-order valence-electron chi connectivity index (χ4n) is 4.28. The number of nitrogens with one attached hydrogen (secondary N) is 3. The van der Waals surface area contributed by atoms with Crippen LogP contribution in [-0.2, 0) is 19.6 Å². The lowest BCUT2D eigenvalue weighted by molar-refractivity contribution is -0.126. The summed E-state index contributed by atoms with van der Waals surface area (Å²) in [6.07, 6.45) is 1.36. The minimum atomic E-state index is -3.83. The van der Waals surface area contributed by atoms with Gasteiger partial charge in [0.25, 0.3) is 0 Å². The number of carbonyl (C=O) groups is 2. The van der Waals surface area contributed by atoms with Crippen molar-refractivity contribution in [3.05, 3.63) is 54.2 Å². The molecule has 0 aliphatic carbocycles. The van der Waals surface area contributed by atoms with E-state index in [0.717, 1.165) is 22.3 Å². The van der Waals surface area contributed by atoms with Gasteiger partial charge in [-0.15, -0.1) is 0 Å². The van der Waals surface area contributed by atoms with Crippen LogP contribution in [0.3, 0.4) is 0 Å². The highest BCUT2D eigenvalue weighted by Gasteiger charge is 2.25. The SMILES string of the molecule is Cc1cc(N2CCC(C(=O)NCCNC(=O)CNS(=O)(=O)c3ccc4ccccc4c3)CC2)nc(N)n1. The summed E-state index contributed by atoms with van der Waals surface area (Å²) in [7, 11) is -3.83. The molecule has 4 rings (SSSR count). The van der Waals surface area contributed by atoms with Crippen molar-refractivity contribution >= 4 is 44.4 Å². The molecule has 37 heavy (non-hydrogen) atoms. The quantitative estimate of drug-likeness (QED) is 0.301. The van der Waals surface area contributed by atoms with Gasteiger partial charge in [-0.25, -0.2) is 18.1 Å². The Labute approximate surface area is 215 Å². The molecule has 0 radical (unpaired) electrons. The number of nitrogen functional groups attached to an aromatic ring is 1. The molecule has 12 heteroatoms. The second kappa shape index (κ2) is 11.5. The topological polar surface area (TPSA) is 159 Å². The number of fused-ring (bicyclic) bond motifs is 1. The average molecular weight is 526 g/mol. The molecule has 1 saturated heterocycles. The fourth-order valence-corrected chi connectivity index (χ4v) is 5.30. The van der Waals surface area contributed by atoms with E-state index in [1.165, 1.54) is 6.07 Å². The van der Waals surface area contributed by atoms with E-state index in [0.29, 0.717) is 25.9 Å². The third kappa shape index (κ3) is 6.92. The van der Waals surface area contributed by atoms with Gasteiger partial charge in [0.15, 0.2) is 0 Å². The molecule has 0 saturated carbocycles. The number of sulfonamides is 1. The number of aryl methyl sites for hydroxylation is 1. The Morgan fingerprint density at radius 1 is 1.00 bits per heavy atom. The van der Waals surface area contributed by atoms with E-state index in [4.69, 9.17) is 5.73 Å². The van der Waals surface area contributed by atoms with Gasteiger partial charge in [0.2, 0.25) is 27.8 Å². The Morgan fingerprint density at radius 2 is 1.70 bits per heavy atom. The molecule has 2 heterocycles. The van der Waals surface area contributed by atoms with E-state index in [-0.39, 0.29) is 35.8 Å². The Morgan fingerprint density at radius 3 is 2.43 bits per heavy atom. The van der Waals surface area contributed by atoms with Crippen molar-refractivity contribution in [1.82, 2.24) is 25.3 Å². The molecule has 2 amide bonds. The summed E-state index contributed by atoms with van der Waals surface area (Å²) in [5.74, 6) is 0.331. The number of hydrogen-bond donors (Lipinski definition) is 4. The second-order valence-electron chi connectivity index (χ2n) is 8.96. The van der Waals surface area contributed by atoms with Gasteiger partial charge in [0, 0.05) is 43.9 Å². The summed E-state index contributed by atoms with van der Waals surface area (Å²) < 4.78 is 27.4. The summed E-state index contributed by atoms with van der Waals surface area (Å²) in [4.78, 5) is 35.2. The van der Waals surface area contributed by atoms with Crippen molar-refractivity contribution in [3.63, 3.8) is 0 Å². The van der Waals surface area contributed by atoms with Gasteiger partial charge < -0.3 is 21.3 Å². The predicted octanol–water partition coefficient (Wildman–Crippen LogP) is 0.948. The number of piperidine rings is 1. The number of hydrogen-bond acceptors (Lipinski definition) is 8. The monoisotopic (exact) mass is 525 g/mol. The lowest BCUT2D eigenvalue weighted by atomic mass is 9.96. The Hall–Kier alpha value is -3.77. The first-order valence-corrected chi connectivity index (χ1v) is 13.6. The minimum absolute atomic E-state index is 0.0655. The highest BCUT2D eigenvalue weighted by atomic mass is 32.2. The number of anilines is 2. The van der Waals surface area contributed by atoms with Crippen LogP contribution in [0.1, 0.15) is 18.5 Å². The van der Waals surface area contributed by atoms with Crippen LogP contribution in [0.4, 0.5) is 11.8 Å². The molecule has 11 nitrogen and oxygen atoms in total. The first-order valence-electron chi connectivity index (χ1n) is 12.1. The number of carbonyl (C=O) groups excluding carboxylic acids is 2. The molecule has 0 spiro atoms. The molecule has 196 valence electrons. The predicted molar refractivity (Wildman–Crippen MR) is 141 cm³/mol. The van der Waals surface area contributed by atoms with Crippen molar-refractivity contribution in [1.29, 1.82) is 0 Å². The first kappa shape index (κ1) is 26.3. The molecule has 2 aromatic carbocycles. The minimum Gasteiger partial charge on any atom is -0.368 e. The molecule has 5 N–H and O–H groups in total. The van der Waals surface area contributed by atoms with Crippen LogP contribution in [0.25, 0.3) is 10.8 Å². The van der Waals surface area contributed by atoms with Gasteiger partial charge in [-0.1, -0.05) is 30.3 Å². The van der Waals surface area contributed by atoms with Crippen LogP contribution in [0, 0.1) is 12.8 Å². The lowest BCUT2D eigenvalue weighted by Crippen LogP contribution is -2.44. The number of nitrogens with zero attached hydrogens (tertiary/aromatic N) is 3. The summed E-state index contributed by atoms with van der Waals surface area (Å²) in [5.41, 5.74) is 6.54.